The van der Waals surface area contributed by atoms with Crippen LogP contribution >= 0.6 is 0 Å². The molecule has 0 spiro atoms. The highest BCUT2D eigenvalue weighted by atomic mass is 16.5. The summed E-state index contributed by atoms with van der Waals surface area (Å²) >= 11 is 0. The first-order chi connectivity index (χ1) is 6.62. The molecule has 1 unspecified atom stereocenters. The molecule has 2 N–H and O–H groups in total. The first kappa shape index (κ1) is 9.40. The summed E-state index contributed by atoms with van der Waals surface area (Å²) in [6.45, 7) is 4.70. The van der Waals surface area contributed by atoms with Crippen LogP contribution in [-0.2, 0) is 10.3 Å². The summed E-state index contributed by atoms with van der Waals surface area (Å²) in [5.41, 5.74) is 6.32. The summed E-state index contributed by atoms with van der Waals surface area (Å²) < 4.78 is 5.64. The Morgan fingerprint density at radius 3 is 2.93 bits per heavy atom. The second-order valence-corrected chi connectivity index (χ2v) is 3.94. The van der Waals surface area contributed by atoms with Gasteiger partial charge in [-0.2, -0.15) is 0 Å². The molecule has 1 aliphatic rings. The van der Waals surface area contributed by atoms with Crippen LogP contribution in [0.25, 0.3) is 0 Å². The average Bonchev–Trinajstić information content (AvgIpc) is 2.58. The fourth-order valence-electron chi connectivity index (χ4n) is 1.67. The number of ether oxygens (including phenoxy) is 1. The van der Waals surface area contributed by atoms with E-state index in [0.717, 1.165) is 25.0 Å². The van der Waals surface area contributed by atoms with Gasteiger partial charge in [-0.25, -0.2) is 9.97 Å². The Labute approximate surface area is 83.5 Å². The molecule has 2 rings (SSSR count). The molecule has 4 heteroatoms. The molecule has 14 heavy (non-hydrogen) atoms. The molecule has 4 nitrogen and oxygen atoms in total. The molecule has 2 heterocycles. The van der Waals surface area contributed by atoms with E-state index in [1.165, 1.54) is 0 Å². The van der Waals surface area contributed by atoms with Gasteiger partial charge in [0.15, 0.2) is 5.82 Å². The summed E-state index contributed by atoms with van der Waals surface area (Å²) in [6, 6.07) is 0. The largest absolute Gasteiger partial charge is 0.383 e. The zero-order chi connectivity index (χ0) is 10.2. The van der Waals surface area contributed by atoms with Crippen LogP contribution < -0.4 is 5.73 Å². The first-order valence-electron chi connectivity index (χ1n) is 4.85. The number of rotatable bonds is 1. The number of anilines is 1. The summed E-state index contributed by atoms with van der Waals surface area (Å²) in [7, 11) is 0. The van der Waals surface area contributed by atoms with E-state index in [1.54, 1.807) is 6.20 Å². The van der Waals surface area contributed by atoms with Crippen molar-refractivity contribution in [3.63, 3.8) is 0 Å². The van der Waals surface area contributed by atoms with E-state index < -0.39 is 0 Å². The SMILES string of the molecule is Cc1cnc(C2(C)CCCO2)nc1N. The highest BCUT2D eigenvalue weighted by Crippen LogP contribution is 2.33. The van der Waals surface area contributed by atoms with Crippen molar-refractivity contribution in [2.45, 2.75) is 32.3 Å². The number of hydrogen-bond donors (Lipinski definition) is 1. The van der Waals surface area contributed by atoms with Gasteiger partial charge in [0.1, 0.15) is 11.4 Å². The molecule has 1 aliphatic heterocycles. The van der Waals surface area contributed by atoms with Crippen molar-refractivity contribution in [2.24, 2.45) is 0 Å². The number of hydrogen-bond acceptors (Lipinski definition) is 4. The molecule has 0 aliphatic carbocycles. The van der Waals surface area contributed by atoms with Crippen LogP contribution in [0, 0.1) is 6.92 Å². The highest BCUT2D eigenvalue weighted by molar-refractivity contribution is 5.36. The minimum atomic E-state index is -0.332. The van der Waals surface area contributed by atoms with Crippen molar-refractivity contribution >= 4 is 5.82 Å². The minimum Gasteiger partial charge on any atom is -0.383 e. The molecule has 0 bridgehead atoms. The molecule has 0 amide bonds. The van der Waals surface area contributed by atoms with E-state index in [4.69, 9.17) is 10.5 Å². The standard InChI is InChI=1S/C10H15N3O/c1-7-6-12-9(13-8(7)11)10(2)4-3-5-14-10/h6H,3-5H2,1-2H3,(H2,11,12,13). The lowest BCUT2D eigenvalue weighted by Gasteiger charge is -2.21. The van der Waals surface area contributed by atoms with Crippen molar-refractivity contribution in [2.75, 3.05) is 12.3 Å². The van der Waals surface area contributed by atoms with E-state index >= 15 is 0 Å². The van der Waals surface area contributed by atoms with Crippen LogP contribution in [0.3, 0.4) is 0 Å². The second kappa shape index (κ2) is 3.20. The Bertz CT molecular complexity index is 345. The van der Waals surface area contributed by atoms with Crippen LogP contribution in [0.1, 0.15) is 31.2 Å². The summed E-state index contributed by atoms with van der Waals surface area (Å²) in [4.78, 5) is 8.54. The topological polar surface area (TPSA) is 61.0 Å². The third kappa shape index (κ3) is 1.46. The predicted octanol–water partition coefficient (Wildman–Crippen LogP) is 1.39. The van der Waals surface area contributed by atoms with Gasteiger partial charge in [0, 0.05) is 18.4 Å². The van der Waals surface area contributed by atoms with Crippen molar-refractivity contribution in [3.8, 4) is 0 Å². The van der Waals surface area contributed by atoms with E-state index in [1.807, 2.05) is 13.8 Å². The van der Waals surface area contributed by atoms with Gasteiger partial charge >= 0.3 is 0 Å². The van der Waals surface area contributed by atoms with Gasteiger partial charge < -0.3 is 10.5 Å². The quantitative estimate of drug-likeness (QED) is 0.732. The smallest absolute Gasteiger partial charge is 0.162 e. The number of aromatic nitrogens is 2. The van der Waals surface area contributed by atoms with Gasteiger partial charge in [-0.1, -0.05) is 0 Å². The van der Waals surface area contributed by atoms with Gasteiger partial charge in [-0.15, -0.1) is 0 Å². The van der Waals surface area contributed by atoms with Crippen molar-refractivity contribution in [1.29, 1.82) is 0 Å². The van der Waals surface area contributed by atoms with Crippen molar-refractivity contribution < 1.29 is 4.74 Å². The summed E-state index contributed by atoms with van der Waals surface area (Å²) in [5, 5.41) is 0. The molecular weight excluding hydrogens is 178 g/mol. The lowest BCUT2D eigenvalue weighted by Crippen LogP contribution is -2.24. The molecule has 0 aromatic carbocycles. The molecule has 0 saturated carbocycles. The summed E-state index contributed by atoms with van der Waals surface area (Å²) in [5.74, 6) is 1.25. The maximum atomic E-state index is 5.74. The molecule has 0 radical (unpaired) electrons. The van der Waals surface area contributed by atoms with Gasteiger partial charge in [-0.3, -0.25) is 0 Å². The van der Waals surface area contributed by atoms with E-state index in [2.05, 4.69) is 9.97 Å². The number of nitrogens with two attached hydrogens (primary N) is 1. The van der Waals surface area contributed by atoms with Gasteiger partial charge in [0.25, 0.3) is 0 Å². The van der Waals surface area contributed by atoms with Gasteiger partial charge in [-0.05, 0) is 26.7 Å². The maximum absolute atomic E-state index is 5.74. The van der Waals surface area contributed by atoms with E-state index in [0.29, 0.717) is 11.6 Å². The lowest BCUT2D eigenvalue weighted by atomic mass is 10.0. The van der Waals surface area contributed by atoms with E-state index in [-0.39, 0.29) is 5.60 Å². The van der Waals surface area contributed by atoms with Crippen molar-refractivity contribution in [3.05, 3.63) is 17.6 Å². The Kier molecular flexibility index (Phi) is 2.15. The molecule has 76 valence electrons. The molecule has 1 atom stereocenters. The third-order valence-electron chi connectivity index (χ3n) is 2.70. The van der Waals surface area contributed by atoms with Crippen LogP contribution in [0.4, 0.5) is 5.82 Å². The molecule has 1 aromatic rings. The fraction of sp³-hybridized carbons (Fsp3) is 0.600. The monoisotopic (exact) mass is 193 g/mol. The third-order valence-corrected chi connectivity index (χ3v) is 2.70. The predicted molar refractivity (Wildman–Crippen MR) is 53.7 cm³/mol. The van der Waals surface area contributed by atoms with Gasteiger partial charge in [0.2, 0.25) is 0 Å². The molecular formula is C10H15N3O. The fourth-order valence-corrected chi connectivity index (χ4v) is 1.67. The Morgan fingerprint density at radius 2 is 2.36 bits per heavy atom. The van der Waals surface area contributed by atoms with Crippen molar-refractivity contribution in [1.82, 2.24) is 9.97 Å². The minimum absolute atomic E-state index is 0.332. The Morgan fingerprint density at radius 1 is 1.57 bits per heavy atom. The van der Waals surface area contributed by atoms with Crippen LogP contribution in [0.5, 0.6) is 0 Å². The molecule has 1 saturated heterocycles. The molecule has 1 aromatic heterocycles. The Hall–Kier alpha value is -1.16. The number of aryl methyl sites for hydroxylation is 1. The maximum Gasteiger partial charge on any atom is 0.162 e. The average molecular weight is 193 g/mol. The normalized spacial score (nSPS) is 26.7. The van der Waals surface area contributed by atoms with E-state index in [9.17, 15) is 0 Å². The van der Waals surface area contributed by atoms with Crippen LogP contribution in [-0.4, -0.2) is 16.6 Å². The summed E-state index contributed by atoms with van der Waals surface area (Å²) in [6.07, 6.45) is 3.79. The van der Waals surface area contributed by atoms with Crippen LogP contribution in [0.15, 0.2) is 6.20 Å². The zero-order valence-electron chi connectivity index (χ0n) is 8.58. The molecule has 1 fully saturated rings. The highest BCUT2D eigenvalue weighted by Gasteiger charge is 2.34. The number of nitrogen functional groups attached to an aromatic ring is 1. The lowest BCUT2D eigenvalue weighted by molar-refractivity contribution is 0.00942. The number of nitrogens with zero attached hydrogens (tertiary/aromatic N) is 2. The Balaban J connectivity index is 2.36. The van der Waals surface area contributed by atoms with Gasteiger partial charge in [0.05, 0.1) is 0 Å². The first-order valence-corrected chi connectivity index (χ1v) is 4.85. The zero-order valence-corrected chi connectivity index (χ0v) is 8.58. The van der Waals surface area contributed by atoms with Crippen LogP contribution in [0.2, 0.25) is 0 Å². The second-order valence-electron chi connectivity index (χ2n) is 3.94.